The molecule has 1 N–H and O–H groups in total. The van der Waals surface area contributed by atoms with Crippen molar-refractivity contribution in [3.8, 4) is 11.3 Å². The van der Waals surface area contributed by atoms with Crippen molar-refractivity contribution in [2.75, 3.05) is 0 Å². The number of carbonyl (C=O) groups is 1. The molecule has 2 aromatic rings. The third-order valence-electron chi connectivity index (χ3n) is 5.06. The van der Waals surface area contributed by atoms with Gasteiger partial charge in [-0.05, 0) is 37.7 Å². The van der Waals surface area contributed by atoms with Crippen LogP contribution in [0.2, 0.25) is 0 Å². The van der Waals surface area contributed by atoms with Crippen LogP contribution in [0, 0.1) is 5.92 Å². The van der Waals surface area contributed by atoms with Gasteiger partial charge in [-0.2, -0.15) is 5.10 Å². The van der Waals surface area contributed by atoms with Crippen LogP contribution in [0.3, 0.4) is 0 Å². The van der Waals surface area contributed by atoms with Gasteiger partial charge in [0.2, 0.25) is 0 Å². The van der Waals surface area contributed by atoms with Crippen LogP contribution in [0.25, 0.3) is 11.3 Å². The van der Waals surface area contributed by atoms with Crippen molar-refractivity contribution in [2.24, 2.45) is 5.92 Å². The van der Waals surface area contributed by atoms with Gasteiger partial charge in [0.1, 0.15) is 0 Å². The maximum Gasteiger partial charge on any atom is 0.356 e. The van der Waals surface area contributed by atoms with Gasteiger partial charge in [0, 0.05) is 21.8 Å². The monoisotopic (exact) mass is 328 g/mol. The summed E-state index contributed by atoms with van der Waals surface area (Å²) in [6, 6.07) is 8.59. The second-order valence-corrected chi connectivity index (χ2v) is 7.64. The number of rotatable bonds is 2. The normalized spacial score (nSPS) is 23.2. The van der Waals surface area contributed by atoms with Gasteiger partial charge in [-0.25, -0.2) is 4.79 Å². The molecule has 1 fully saturated rings. The Kier molecular flexibility index (Phi) is 3.68. The third-order valence-corrected chi connectivity index (χ3v) is 6.16. The van der Waals surface area contributed by atoms with E-state index in [-0.39, 0.29) is 5.69 Å². The second kappa shape index (κ2) is 5.71. The Hall–Kier alpha value is -1.75. The summed E-state index contributed by atoms with van der Waals surface area (Å²) in [6.45, 7) is 2.30. The summed E-state index contributed by atoms with van der Waals surface area (Å²) in [4.78, 5) is 12.9. The van der Waals surface area contributed by atoms with Gasteiger partial charge >= 0.3 is 5.97 Å². The molecule has 1 aliphatic heterocycles. The van der Waals surface area contributed by atoms with E-state index in [4.69, 9.17) is 0 Å². The number of hydrogen-bond acceptors (Lipinski definition) is 3. The molecule has 1 aliphatic carbocycles. The van der Waals surface area contributed by atoms with Crippen LogP contribution in [0.5, 0.6) is 0 Å². The maximum atomic E-state index is 11.6. The molecule has 0 spiro atoms. The summed E-state index contributed by atoms with van der Waals surface area (Å²) < 4.78 is 2.03. The Morgan fingerprint density at radius 1 is 1.26 bits per heavy atom. The number of carboxylic acids is 1. The molecule has 4 nitrogen and oxygen atoms in total. The minimum Gasteiger partial charge on any atom is -0.476 e. The Balaban J connectivity index is 1.86. The zero-order chi connectivity index (χ0) is 16.0. The van der Waals surface area contributed by atoms with Gasteiger partial charge < -0.3 is 5.11 Å². The largest absolute Gasteiger partial charge is 0.476 e. The van der Waals surface area contributed by atoms with Crippen LogP contribution in [0.15, 0.2) is 29.2 Å². The molecule has 2 aliphatic rings. The molecule has 0 atom stereocenters. The summed E-state index contributed by atoms with van der Waals surface area (Å²) in [5.74, 6) is 0.542. The molecule has 0 radical (unpaired) electrons. The first-order chi connectivity index (χ1) is 11.1. The van der Waals surface area contributed by atoms with Crippen LogP contribution in [0.4, 0.5) is 0 Å². The van der Waals surface area contributed by atoms with Gasteiger partial charge in [0.25, 0.3) is 0 Å². The Bertz CT molecular complexity index is 760. The van der Waals surface area contributed by atoms with Crippen LogP contribution in [-0.2, 0) is 5.75 Å². The molecule has 0 saturated heterocycles. The SMILES string of the molecule is CC1CCC(n2nc(C(=O)O)c3c2-c2ccccc2SC3)CC1. The molecule has 0 unspecified atom stereocenters. The molecule has 1 saturated carbocycles. The van der Waals surface area contributed by atoms with E-state index in [0.29, 0.717) is 11.8 Å². The fourth-order valence-corrected chi connectivity index (χ4v) is 4.82. The summed E-state index contributed by atoms with van der Waals surface area (Å²) in [6.07, 6.45) is 4.56. The molecule has 1 aromatic carbocycles. The quantitative estimate of drug-likeness (QED) is 0.875. The molecule has 0 bridgehead atoms. The number of aromatic nitrogens is 2. The number of aromatic carboxylic acids is 1. The van der Waals surface area contributed by atoms with Gasteiger partial charge in [-0.1, -0.05) is 25.1 Å². The van der Waals surface area contributed by atoms with Crippen molar-refractivity contribution >= 4 is 17.7 Å². The summed E-state index contributed by atoms with van der Waals surface area (Å²) in [5.41, 5.74) is 3.30. The Morgan fingerprint density at radius 3 is 2.74 bits per heavy atom. The van der Waals surface area contributed by atoms with E-state index < -0.39 is 5.97 Å². The zero-order valence-electron chi connectivity index (χ0n) is 13.2. The molecular formula is C18H20N2O2S. The maximum absolute atomic E-state index is 11.6. The van der Waals surface area contributed by atoms with Crippen LogP contribution in [-0.4, -0.2) is 20.9 Å². The van der Waals surface area contributed by atoms with E-state index in [2.05, 4.69) is 24.2 Å². The van der Waals surface area contributed by atoms with Crippen molar-refractivity contribution in [3.63, 3.8) is 0 Å². The van der Waals surface area contributed by atoms with Gasteiger partial charge in [0.05, 0.1) is 11.7 Å². The smallest absolute Gasteiger partial charge is 0.356 e. The summed E-state index contributed by atoms with van der Waals surface area (Å²) >= 11 is 1.71. The van der Waals surface area contributed by atoms with E-state index in [1.165, 1.54) is 17.7 Å². The number of fused-ring (bicyclic) bond motifs is 3. The lowest BCUT2D eigenvalue weighted by Crippen LogP contribution is -2.19. The predicted molar refractivity (Wildman–Crippen MR) is 90.9 cm³/mol. The zero-order valence-corrected chi connectivity index (χ0v) is 14.0. The molecular weight excluding hydrogens is 308 g/mol. The lowest BCUT2D eigenvalue weighted by molar-refractivity contribution is 0.0688. The van der Waals surface area contributed by atoms with Crippen molar-refractivity contribution in [3.05, 3.63) is 35.5 Å². The molecule has 120 valence electrons. The summed E-state index contributed by atoms with van der Waals surface area (Å²) in [7, 11) is 0. The van der Waals surface area contributed by atoms with Crippen LogP contribution >= 0.6 is 11.8 Å². The molecule has 23 heavy (non-hydrogen) atoms. The fourth-order valence-electron chi connectivity index (χ4n) is 3.75. The van der Waals surface area contributed by atoms with Gasteiger partial charge in [-0.15, -0.1) is 11.8 Å². The molecule has 2 heterocycles. The first kappa shape index (κ1) is 14.8. The highest BCUT2D eigenvalue weighted by molar-refractivity contribution is 7.98. The average molecular weight is 328 g/mol. The predicted octanol–water partition coefficient (Wildman–Crippen LogP) is 4.61. The number of nitrogens with zero attached hydrogens (tertiary/aromatic N) is 2. The second-order valence-electron chi connectivity index (χ2n) is 6.62. The molecule has 0 amide bonds. The third kappa shape index (κ3) is 2.47. The van der Waals surface area contributed by atoms with Crippen molar-refractivity contribution in [1.29, 1.82) is 0 Å². The van der Waals surface area contributed by atoms with E-state index in [1.54, 1.807) is 11.8 Å². The highest BCUT2D eigenvalue weighted by Crippen LogP contribution is 2.45. The minimum atomic E-state index is -0.913. The highest BCUT2D eigenvalue weighted by Gasteiger charge is 2.32. The summed E-state index contributed by atoms with van der Waals surface area (Å²) in [5, 5.41) is 14.1. The lowest BCUT2D eigenvalue weighted by Gasteiger charge is -2.29. The van der Waals surface area contributed by atoms with Crippen molar-refractivity contribution in [1.82, 2.24) is 9.78 Å². The van der Waals surface area contributed by atoms with E-state index in [9.17, 15) is 9.90 Å². The van der Waals surface area contributed by atoms with E-state index in [1.807, 2.05) is 16.8 Å². The van der Waals surface area contributed by atoms with Gasteiger partial charge in [-0.3, -0.25) is 4.68 Å². The molecule has 5 heteroatoms. The van der Waals surface area contributed by atoms with E-state index >= 15 is 0 Å². The topological polar surface area (TPSA) is 55.1 Å². The molecule has 1 aromatic heterocycles. The fraction of sp³-hybridized carbons (Fsp3) is 0.444. The number of benzene rings is 1. The van der Waals surface area contributed by atoms with Crippen molar-refractivity contribution in [2.45, 2.75) is 49.3 Å². The first-order valence-electron chi connectivity index (χ1n) is 8.22. The van der Waals surface area contributed by atoms with E-state index in [0.717, 1.165) is 35.6 Å². The minimum absolute atomic E-state index is 0.237. The highest BCUT2D eigenvalue weighted by atomic mass is 32.2. The Morgan fingerprint density at radius 2 is 2.00 bits per heavy atom. The number of thioether (sulfide) groups is 1. The molecule has 4 rings (SSSR count). The number of hydrogen-bond donors (Lipinski definition) is 1. The van der Waals surface area contributed by atoms with Gasteiger partial charge in [0.15, 0.2) is 5.69 Å². The van der Waals surface area contributed by atoms with Crippen LogP contribution in [0.1, 0.15) is 54.7 Å². The van der Waals surface area contributed by atoms with Crippen molar-refractivity contribution < 1.29 is 9.90 Å². The standard InChI is InChI=1S/C18H20N2O2S/c1-11-6-8-12(9-7-11)20-17-13-4-2-3-5-15(13)23-10-14(17)16(19-20)18(21)22/h2-5,11-12H,6-10H2,1H3,(H,21,22). The first-order valence-corrected chi connectivity index (χ1v) is 9.20. The average Bonchev–Trinajstić information content (AvgIpc) is 2.96. The number of carboxylic acid groups (broad SMARTS) is 1. The van der Waals surface area contributed by atoms with Crippen LogP contribution < -0.4 is 0 Å². The Labute approximate surface area is 139 Å². The lowest BCUT2D eigenvalue weighted by atomic mass is 9.87.